The molecule has 0 unspecified atom stereocenters. The first-order chi connectivity index (χ1) is 12.2. The number of hydrogen-bond donors (Lipinski definition) is 1. The lowest BCUT2D eigenvalue weighted by Crippen LogP contribution is -2.33. The quantitative estimate of drug-likeness (QED) is 0.745. The van der Waals surface area contributed by atoms with Gasteiger partial charge in [0.1, 0.15) is 0 Å². The molecule has 1 N–H and O–H groups in total. The number of benzene rings is 2. The average molecular weight is 336 g/mol. The van der Waals surface area contributed by atoms with Crippen LogP contribution >= 0.6 is 0 Å². The lowest BCUT2D eigenvalue weighted by Gasteiger charge is -2.18. The van der Waals surface area contributed by atoms with E-state index in [0.717, 1.165) is 12.1 Å². The van der Waals surface area contributed by atoms with Gasteiger partial charge >= 0.3 is 0 Å². The Hall–Kier alpha value is -2.66. The number of hydroxylamine groups is 1. The topological polar surface area (TPSA) is 58.6 Å². The van der Waals surface area contributed by atoms with Gasteiger partial charge < -0.3 is 4.90 Å². The van der Waals surface area contributed by atoms with E-state index in [1.165, 1.54) is 22.3 Å². The van der Waals surface area contributed by atoms with Gasteiger partial charge in [0, 0.05) is 18.7 Å². The Morgan fingerprint density at radius 1 is 1.20 bits per heavy atom. The van der Waals surface area contributed by atoms with E-state index in [4.69, 9.17) is 4.84 Å². The van der Waals surface area contributed by atoms with E-state index in [-0.39, 0.29) is 24.2 Å². The van der Waals surface area contributed by atoms with Crippen molar-refractivity contribution in [2.24, 2.45) is 5.92 Å². The zero-order valence-corrected chi connectivity index (χ0v) is 14.1. The van der Waals surface area contributed by atoms with Gasteiger partial charge in [0.2, 0.25) is 11.8 Å². The summed E-state index contributed by atoms with van der Waals surface area (Å²) < 4.78 is 0. The van der Waals surface area contributed by atoms with Gasteiger partial charge in [-0.2, -0.15) is 0 Å². The summed E-state index contributed by atoms with van der Waals surface area (Å²) >= 11 is 0. The SMILES string of the molecule is CCONC(=O)[C@@H]1CC(=O)N(c2ccc3c(c2)Cc2ccccc2-3)C1. The number of carbonyl (C=O) groups is 2. The third kappa shape index (κ3) is 2.81. The van der Waals surface area contributed by atoms with E-state index in [2.05, 4.69) is 35.8 Å². The zero-order valence-electron chi connectivity index (χ0n) is 14.1. The van der Waals surface area contributed by atoms with Crippen LogP contribution in [0.25, 0.3) is 11.1 Å². The first-order valence-electron chi connectivity index (χ1n) is 8.60. The van der Waals surface area contributed by atoms with E-state index >= 15 is 0 Å². The summed E-state index contributed by atoms with van der Waals surface area (Å²) in [6.07, 6.45) is 1.10. The van der Waals surface area contributed by atoms with Crippen LogP contribution in [0.5, 0.6) is 0 Å². The molecule has 1 fully saturated rings. The van der Waals surface area contributed by atoms with Gasteiger partial charge in [-0.25, -0.2) is 5.48 Å². The first kappa shape index (κ1) is 15.8. The third-order valence-electron chi connectivity index (χ3n) is 4.90. The standard InChI is InChI=1S/C20H20N2O3/c1-2-25-21-20(24)15-11-19(23)22(12-15)16-7-8-18-14(10-16)9-13-5-3-4-6-17(13)18/h3-8,10,15H,2,9,11-12H2,1H3,(H,21,24)/t15-/m1/s1. The highest BCUT2D eigenvalue weighted by molar-refractivity contribution is 6.00. The van der Waals surface area contributed by atoms with Gasteiger partial charge in [-0.1, -0.05) is 30.3 Å². The molecular formula is C20H20N2O3. The van der Waals surface area contributed by atoms with Crippen LogP contribution in [0.3, 0.4) is 0 Å². The van der Waals surface area contributed by atoms with Gasteiger partial charge in [-0.15, -0.1) is 0 Å². The summed E-state index contributed by atoms with van der Waals surface area (Å²) in [4.78, 5) is 31.1. The maximum Gasteiger partial charge on any atom is 0.248 e. The molecule has 2 aliphatic rings. The molecule has 1 aliphatic carbocycles. The van der Waals surface area contributed by atoms with Crippen LogP contribution in [0, 0.1) is 5.92 Å². The predicted molar refractivity (Wildman–Crippen MR) is 94.9 cm³/mol. The van der Waals surface area contributed by atoms with E-state index in [0.29, 0.717) is 13.2 Å². The summed E-state index contributed by atoms with van der Waals surface area (Å²) in [5.74, 6) is -0.622. The fourth-order valence-corrected chi connectivity index (χ4v) is 3.66. The molecule has 2 aromatic rings. The van der Waals surface area contributed by atoms with Gasteiger partial charge in [0.25, 0.3) is 0 Å². The van der Waals surface area contributed by atoms with Crippen molar-refractivity contribution in [3.63, 3.8) is 0 Å². The first-order valence-corrected chi connectivity index (χ1v) is 8.60. The van der Waals surface area contributed by atoms with E-state index < -0.39 is 0 Å². The Kier molecular flexibility index (Phi) is 4.01. The Morgan fingerprint density at radius 3 is 2.84 bits per heavy atom. The third-order valence-corrected chi connectivity index (χ3v) is 4.90. The molecule has 25 heavy (non-hydrogen) atoms. The van der Waals surface area contributed by atoms with Crippen LogP contribution in [0.4, 0.5) is 5.69 Å². The number of fused-ring (bicyclic) bond motifs is 3. The van der Waals surface area contributed by atoms with Crippen molar-refractivity contribution in [2.75, 3.05) is 18.1 Å². The van der Waals surface area contributed by atoms with Crippen molar-refractivity contribution in [3.05, 3.63) is 53.6 Å². The molecule has 1 saturated heterocycles. The number of amides is 2. The maximum absolute atomic E-state index is 12.4. The average Bonchev–Trinajstić information content (AvgIpc) is 3.19. The number of nitrogens with one attached hydrogen (secondary N) is 1. The number of anilines is 1. The van der Waals surface area contributed by atoms with Gasteiger partial charge in [0.05, 0.1) is 12.5 Å². The molecular weight excluding hydrogens is 316 g/mol. The Morgan fingerprint density at radius 2 is 2.00 bits per heavy atom. The van der Waals surface area contributed by atoms with Crippen LogP contribution in [-0.4, -0.2) is 25.0 Å². The second-order valence-corrected chi connectivity index (χ2v) is 6.48. The molecule has 2 amide bonds. The minimum Gasteiger partial charge on any atom is -0.312 e. The van der Waals surface area contributed by atoms with Gasteiger partial charge in [-0.05, 0) is 47.7 Å². The molecule has 1 heterocycles. The summed E-state index contributed by atoms with van der Waals surface area (Å²) in [6.45, 7) is 2.60. The monoisotopic (exact) mass is 336 g/mol. The molecule has 5 heteroatoms. The summed E-state index contributed by atoms with van der Waals surface area (Å²) in [6, 6.07) is 14.5. The van der Waals surface area contributed by atoms with Crippen LogP contribution < -0.4 is 10.4 Å². The Labute approximate surface area is 146 Å². The molecule has 1 atom stereocenters. The highest BCUT2D eigenvalue weighted by Crippen LogP contribution is 2.39. The van der Waals surface area contributed by atoms with E-state index in [1.807, 2.05) is 12.1 Å². The molecule has 128 valence electrons. The Balaban J connectivity index is 1.55. The molecule has 0 radical (unpaired) electrons. The fraction of sp³-hybridized carbons (Fsp3) is 0.300. The molecule has 5 nitrogen and oxygen atoms in total. The molecule has 4 rings (SSSR count). The molecule has 1 aliphatic heterocycles. The number of nitrogens with zero attached hydrogens (tertiary/aromatic N) is 1. The molecule has 0 aromatic heterocycles. The second-order valence-electron chi connectivity index (χ2n) is 6.48. The largest absolute Gasteiger partial charge is 0.312 e. The molecule has 0 bridgehead atoms. The zero-order chi connectivity index (χ0) is 17.4. The van der Waals surface area contributed by atoms with Crippen molar-refractivity contribution < 1.29 is 14.4 Å². The summed E-state index contributed by atoms with van der Waals surface area (Å²) in [5, 5.41) is 0. The highest BCUT2D eigenvalue weighted by atomic mass is 16.6. The van der Waals surface area contributed by atoms with Gasteiger partial charge in [-0.3, -0.25) is 14.4 Å². The molecule has 2 aromatic carbocycles. The van der Waals surface area contributed by atoms with E-state index in [1.54, 1.807) is 11.8 Å². The predicted octanol–water partition coefficient (Wildman–Crippen LogP) is 2.68. The minimum absolute atomic E-state index is 0.0212. The van der Waals surface area contributed by atoms with Crippen LogP contribution in [-0.2, 0) is 20.8 Å². The number of carbonyl (C=O) groups excluding carboxylic acids is 2. The van der Waals surface area contributed by atoms with Crippen LogP contribution in [0.1, 0.15) is 24.5 Å². The Bertz CT molecular complexity index is 847. The molecule has 0 saturated carbocycles. The highest BCUT2D eigenvalue weighted by Gasteiger charge is 2.35. The lowest BCUT2D eigenvalue weighted by atomic mass is 10.1. The maximum atomic E-state index is 12.4. The van der Waals surface area contributed by atoms with Crippen molar-refractivity contribution in [1.29, 1.82) is 0 Å². The van der Waals surface area contributed by atoms with Crippen LogP contribution in [0.15, 0.2) is 42.5 Å². The van der Waals surface area contributed by atoms with Crippen molar-refractivity contribution in [2.45, 2.75) is 19.8 Å². The minimum atomic E-state index is -0.371. The lowest BCUT2D eigenvalue weighted by molar-refractivity contribution is -0.137. The van der Waals surface area contributed by atoms with E-state index in [9.17, 15) is 9.59 Å². The smallest absolute Gasteiger partial charge is 0.248 e. The number of rotatable bonds is 4. The fourth-order valence-electron chi connectivity index (χ4n) is 3.66. The molecule has 0 spiro atoms. The van der Waals surface area contributed by atoms with Crippen molar-refractivity contribution in [3.8, 4) is 11.1 Å². The van der Waals surface area contributed by atoms with Crippen molar-refractivity contribution in [1.82, 2.24) is 5.48 Å². The van der Waals surface area contributed by atoms with Gasteiger partial charge in [0.15, 0.2) is 0 Å². The summed E-state index contributed by atoms with van der Waals surface area (Å²) in [7, 11) is 0. The van der Waals surface area contributed by atoms with Crippen LogP contribution in [0.2, 0.25) is 0 Å². The summed E-state index contributed by atoms with van der Waals surface area (Å²) in [5.41, 5.74) is 8.32. The normalized spacial score (nSPS) is 18.2. The van der Waals surface area contributed by atoms with Crippen molar-refractivity contribution >= 4 is 17.5 Å². The second kappa shape index (κ2) is 6.33. The number of hydrogen-bond acceptors (Lipinski definition) is 3.